The number of rotatable bonds is 8. The van der Waals surface area contributed by atoms with E-state index < -0.39 is 0 Å². The van der Waals surface area contributed by atoms with Crippen LogP contribution in [0.3, 0.4) is 0 Å². The van der Waals surface area contributed by atoms with Gasteiger partial charge >= 0.3 is 0 Å². The normalized spacial score (nSPS) is 10.2. The molecule has 2 rings (SSSR count). The Labute approximate surface area is 157 Å². The summed E-state index contributed by atoms with van der Waals surface area (Å²) < 4.78 is 12.0. The number of hydrogen-bond donors (Lipinski definition) is 0. The van der Waals surface area contributed by atoms with Gasteiger partial charge in [-0.1, -0.05) is 40.2 Å². The summed E-state index contributed by atoms with van der Waals surface area (Å²) in [6.07, 6.45) is 2.58. The topological polar surface area (TPSA) is 38.8 Å². The molecule has 0 aromatic heterocycles. The average Bonchev–Trinajstić information content (AvgIpc) is 2.62. The lowest BCUT2D eigenvalue weighted by molar-refractivity contribution is -0.132. The highest BCUT2D eigenvalue weighted by molar-refractivity contribution is 9.10. The molecule has 0 saturated heterocycles. The van der Waals surface area contributed by atoms with Gasteiger partial charge < -0.3 is 14.4 Å². The predicted molar refractivity (Wildman–Crippen MR) is 103 cm³/mol. The van der Waals surface area contributed by atoms with Crippen LogP contribution in [0.2, 0.25) is 0 Å². The second-order valence-corrected chi connectivity index (χ2v) is 6.56. The van der Waals surface area contributed by atoms with Crippen LogP contribution in [-0.2, 0) is 17.8 Å². The van der Waals surface area contributed by atoms with Crippen LogP contribution in [0.25, 0.3) is 0 Å². The van der Waals surface area contributed by atoms with Crippen LogP contribution >= 0.6 is 15.9 Å². The summed E-state index contributed by atoms with van der Waals surface area (Å²) in [7, 11) is 3.35. The van der Waals surface area contributed by atoms with E-state index in [-0.39, 0.29) is 12.5 Å². The molecule has 0 atom stereocenters. The number of likely N-dealkylation sites (N-methyl/N-ethyl adjacent to an activating group) is 1. The first-order valence-electron chi connectivity index (χ1n) is 7.92. The van der Waals surface area contributed by atoms with Crippen molar-refractivity contribution < 1.29 is 14.3 Å². The van der Waals surface area contributed by atoms with Crippen LogP contribution in [0.1, 0.15) is 11.1 Å². The number of ether oxygens (including phenoxy) is 2. The third-order valence-corrected chi connectivity index (χ3v) is 4.25. The molecule has 0 spiro atoms. The molecule has 0 aliphatic carbocycles. The summed E-state index contributed by atoms with van der Waals surface area (Å²) in [6.45, 7) is 4.22. The van der Waals surface area contributed by atoms with Crippen molar-refractivity contribution in [1.29, 1.82) is 0 Å². The zero-order valence-electron chi connectivity index (χ0n) is 14.5. The maximum Gasteiger partial charge on any atom is 0.260 e. The van der Waals surface area contributed by atoms with Crippen molar-refractivity contribution in [2.24, 2.45) is 0 Å². The quantitative estimate of drug-likeness (QED) is 0.619. The van der Waals surface area contributed by atoms with Gasteiger partial charge in [-0.25, -0.2) is 0 Å². The maximum atomic E-state index is 12.3. The molecule has 5 heteroatoms. The molecule has 0 heterocycles. The fraction of sp³-hybridized carbons (Fsp3) is 0.250. The lowest BCUT2D eigenvalue weighted by Gasteiger charge is -2.18. The van der Waals surface area contributed by atoms with E-state index >= 15 is 0 Å². The number of allylic oxidation sites excluding steroid dienone is 1. The van der Waals surface area contributed by atoms with E-state index in [1.807, 2.05) is 48.5 Å². The van der Waals surface area contributed by atoms with Crippen molar-refractivity contribution in [3.8, 4) is 11.5 Å². The lowest BCUT2D eigenvalue weighted by atomic mass is 10.1. The molecular weight excluding hydrogens is 382 g/mol. The van der Waals surface area contributed by atoms with Gasteiger partial charge in [-0.2, -0.15) is 0 Å². The van der Waals surface area contributed by atoms with Gasteiger partial charge in [0.2, 0.25) is 0 Å². The Balaban J connectivity index is 1.94. The van der Waals surface area contributed by atoms with Crippen LogP contribution < -0.4 is 9.47 Å². The molecule has 0 unspecified atom stereocenters. The van der Waals surface area contributed by atoms with E-state index in [4.69, 9.17) is 9.47 Å². The van der Waals surface area contributed by atoms with Crippen LogP contribution in [-0.4, -0.2) is 31.6 Å². The molecule has 0 aliphatic heterocycles. The molecule has 132 valence electrons. The zero-order chi connectivity index (χ0) is 18.2. The van der Waals surface area contributed by atoms with Crippen LogP contribution in [0.5, 0.6) is 11.5 Å². The number of amides is 1. The number of hydrogen-bond acceptors (Lipinski definition) is 3. The fourth-order valence-electron chi connectivity index (χ4n) is 2.33. The summed E-state index contributed by atoms with van der Waals surface area (Å²) >= 11 is 3.40. The van der Waals surface area contributed by atoms with E-state index in [2.05, 4.69) is 22.5 Å². The van der Waals surface area contributed by atoms with E-state index in [1.54, 1.807) is 19.1 Å². The smallest absolute Gasteiger partial charge is 0.260 e. The van der Waals surface area contributed by atoms with Gasteiger partial charge in [0.05, 0.1) is 7.11 Å². The lowest BCUT2D eigenvalue weighted by Crippen LogP contribution is -2.31. The minimum Gasteiger partial charge on any atom is -0.493 e. The van der Waals surface area contributed by atoms with Gasteiger partial charge in [-0.05, 0) is 41.8 Å². The minimum absolute atomic E-state index is 0.0375. The van der Waals surface area contributed by atoms with Gasteiger partial charge in [0.25, 0.3) is 5.91 Å². The second-order valence-electron chi connectivity index (χ2n) is 5.64. The summed E-state index contributed by atoms with van der Waals surface area (Å²) in [6, 6.07) is 13.5. The van der Waals surface area contributed by atoms with E-state index in [0.717, 1.165) is 22.0 Å². The molecule has 4 nitrogen and oxygen atoms in total. The molecule has 0 fully saturated rings. The average molecular weight is 404 g/mol. The standard InChI is InChI=1S/C20H22BrNO3/c1-4-5-15-8-11-18(19(12-15)24-3)25-14-20(23)22(2)13-16-6-9-17(21)10-7-16/h4,6-12H,1,5,13-14H2,2-3H3. The van der Waals surface area contributed by atoms with Gasteiger partial charge in [0.1, 0.15) is 0 Å². The Bertz CT molecular complexity index is 728. The molecule has 25 heavy (non-hydrogen) atoms. The minimum atomic E-state index is -0.0971. The number of carbonyl (C=O) groups excluding carboxylic acids is 1. The fourth-order valence-corrected chi connectivity index (χ4v) is 2.59. The molecule has 0 saturated carbocycles. The number of carbonyl (C=O) groups is 1. The molecule has 0 N–H and O–H groups in total. The first kappa shape index (κ1) is 19.1. The van der Waals surface area contributed by atoms with Gasteiger partial charge in [-0.3, -0.25) is 4.79 Å². The Morgan fingerprint density at radius 1 is 1.16 bits per heavy atom. The molecule has 2 aromatic carbocycles. The van der Waals surface area contributed by atoms with Gasteiger partial charge in [-0.15, -0.1) is 6.58 Å². The monoisotopic (exact) mass is 403 g/mol. The van der Waals surface area contributed by atoms with Crippen molar-refractivity contribution in [2.45, 2.75) is 13.0 Å². The number of benzene rings is 2. The summed E-state index contributed by atoms with van der Waals surface area (Å²) in [5.74, 6) is 1.07. The van der Waals surface area contributed by atoms with Crippen molar-refractivity contribution in [1.82, 2.24) is 4.90 Å². The molecular formula is C20H22BrNO3. The SMILES string of the molecule is C=CCc1ccc(OCC(=O)N(C)Cc2ccc(Br)cc2)c(OC)c1. The highest BCUT2D eigenvalue weighted by Gasteiger charge is 2.12. The molecule has 0 radical (unpaired) electrons. The first-order chi connectivity index (χ1) is 12.0. The molecule has 0 aliphatic rings. The summed E-state index contributed by atoms with van der Waals surface area (Å²) in [5.41, 5.74) is 2.14. The highest BCUT2D eigenvalue weighted by Crippen LogP contribution is 2.28. The maximum absolute atomic E-state index is 12.3. The van der Waals surface area contributed by atoms with Crippen LogP contribution in [0.4, 0.5) is 0 Å². The Morgan fingerprint density at radius 2 is 1.84 bits per heavy atom. The Hall–Kier alpha value is -2.27. The van der Waals surface area contributed by atoms with Crippen LogP contribution in [0.15, 0.2) is 59.6 Å². The van der Waals surface area contributed by atoms with E-state index in [1.165, 1.54) is 0 Å². The van der Waals surface area contributed by atoms with Crippen molar-refractivity contribution in [3.05, 3.63) is 70.7 Å². The van der Waals surface area contributed by atoms with E-state index in [0.29, 0.717) is 18.0 Å². The predicted octanol–water partition coefficient (Wildman–Crippen LogP) is 4.22. The molecule has 1 amide bonds. The highest BCUT2D eigenvalue weighted by atomic mass is 79.9. The zero-order valence-corrected chi connectivity index (χ0v) is 16.1. The number of nitrogens with zero attached hydrogens (tertiary/aromatic N) is 1. The largest absolute Gasteiger partial charge is 0.493 e. The molecule has 2 aromatic rings. The Morgan fingerprint density at radius 3 is 2.48 bits per heavy atom. The van der Waals surface area contributed by atoms with Crippen molar-refractivity contribution >= 4 is 21.8 Å². The summed E-state index contributed by atoms with van der Waals surface area (Å²) in [5, 5.41) is 0. The van der Waals surface area contributed by atoms with Gasteiger partial charge in [0, 0.05) is 18.1 Å². The van der Waals surface area contributed by atoms with E-state index in [9.17, 15) is 4.79 Å². The van der Waals surface area contributed by atoms with Gasteiger partial charge in [0.15, 0.2) is 18.1 Å². The summed E-state index contributed by atoms with van der Waals surface area (Å²) in [4.78, 5) is 13.9. The third-order valence-electron chi connectivity index (χ3n) is 3.72. The Kier molecular flexibility index (Phi) is 7.07. The molecule has 0 bridgehead atoms. The third kappa shape index (κ3) is 5.64. The van der Waals surface area contributed by atoms with Crippen molar-refractivity contribution in [2.75, 3.05) is 20.8 Å². The first-order valence-corrected chi connectivity index (χ1v) is 8.71. The van der Waals surface area contributed by atoms with Crippen LogP contribution in [0, 0.1) is 0 Å². The second kappa shape index (κ2) is 9.28. The number of methoxy groups -OCH3 is 1. The van der Waals surface area contributed by atoms with Crippen molar-refractivity contribution in [3.63, 3.8) is 0 Å². The number of halogens is 1.